The zero-order chi connectivity index (χ0) is 13.3. The van der Waals surface area contributed by atoms with Crippen LogP contribution >= 0.6 is 0 Å². The number of amides is 1. The molecule has 1 amide bonds. The zero-order valence-corrected chi connectivity index (χ0v) is 10.8. The Labute approximate surface area is 106 Å². The number of rotatable bonds is 1. The summed E-state index contributed by atoms with van der Waals surface area (Å²) >= 11 is 0. The van der Waals surface area contributed by atoms with Crippen LogP contribution in [0.3, 0.4) is 0 Å². The summed E-state index contributed by atoms with van der Waals surface area (Å²) in [6.07, 6.45) is 2.42. The van der Waals surface area contributed by atoms with E-state index < -0.39 is 5.60 Å². The van der Waals surface area contributed by atoms with E-state index in [9.17, 15) is 9.18 Å². The van der Waals surface area contributed by atoms with E-state index in [0.29, 0.717) is 18.7 Å². The van der Waals surface area contributed by atoms with Gasteiger partial charge in [-0.2, -0.15) is 0 Å². The van der Waals surface area contributed by atoms with Crippen molar-refractivity contribution in [3.63, 3.8) is 0 Å². The molecular formula is C13H17FN2O2. The quantitative estimate of drug-likeness (QED) is 0.771. The van der Waals surface area contributed by atoms with Gasteiger partial charge in [0.2, 0.25) is 0 Å². The number of hydrogen-bond donors (Lipinski definition) is 0. The summed E-state index contributed by atoms with van der Waals surface area (Å²) in [5.41, 5.74) is 0.120. The molecule has 5 heteroatoms. The Hall–Kier alpha value is -1.65. The second-order valence-corrected chi connectivity index (χ2v) is 5.48. The average Bonchev–Trinajstić information content (AvgIpc) is 2.15. The molecule has 4 nitrogen and oxygen atoms in total. The Balaban J connectivity index is 1.91. The van der Waals surface area contributed by atoms with Crippen molar-refractivity contribution >= 4 is 6.09 Å². The van der Waals surface area contributed by atoms with E-state index in [1.807, 2.05) is 20.8 Å². The van der Waals surface area contributed by atoms with Crippen molar-refractivity contribution in [2.45, 2.75) is 32.3 Å². The first-order valence-corrected chi connectivity index (χ1v) is 5.94. The lowest BCUT2D eigenvalue weighted by atomic mass is 9.92. The first kappa shape index (κ1) is 12.8. The van der Waals surface area contributed by atoms with Crippen molar-refractivity contribution < 1.29 is 13.9 Å². The van der Waals surface area contributed by atoms with Crippen LogP contribution in [-0.2, 0) is 4.74 Å². The van der Waals surface area contributed by atoms with Crippen LogP contribution < -0.4 is 0 Å². The molecule has 1 aromatic rings. The molecule has 98 valence electrons. The number of aromatic nitrogens is 1. The van der Waals surface area contributed by atoms with Gasteiger partial charge in [-0.25, -0.2) is 9.18 Å². The number of ether oxygens (including phenoxy) is 1. The fourth-order valence-electron chi connectivity index (χ4n) is 1.87. The van der Waals surface area contributed by atoms with Gasteiger partial charge in [0.05, 0.1) is 6.20 Å². The van der Waals surface area contributed by atoms with Gasteiger partial charge in [-0.3, -0.25) is 4.98 Å². The van der Waals surface area contributed by atoms with Crippen molar-refractivity contribution in [1.29, 1.82) is 0 Å². The van der Waals surface area contributed by atoms with Crippen LogP contribution in [0.15, 0.2) is 18.5 Å². The molecule has 2 heterocycles. The minimum absolute atomic E-state index is 0.0421. The van der Waals surface area contributed by atoms with Gasteiger partial charge in [-0.1, -0.05) is 0 Å². The van der Waals surface area contributed by atoms with E-state index >= 15 is 0 Å². The molecule has 0 bridgehead atoms. The molecule has 0 saturated carbocycles. The molecule has 1 aromatic heterocycles. The van der Waals surface area contributed by atoms with E-state index in [1.54, 1.807) is 17.2 Å². The highest BCUT2D eigenvalue weighted by Gasteiger charge is 2.35. The first-order chi connectivity index (χ1) is 8.37. The molecule has 0 N–H and O–H groups in total. The summed E-state index contributed by atoms with van der Waals surface area (Å²) in [6.45, 7) is 6.46. The summed E-state index contributed by atoms with van der Waals surface area (Å²) in [6, 6.07) is 1.66. The largest absolute Gasteiger partial charge is 0.444 e. The van der Waals surface area contributed by atoms with Gasteiger partial charge >= 0.3 is 6.09 Å². The predicted octanol–water partition coefficient (Wildman–Crippen LogP) is 2.56. The maximum atomic E-state index is 13.5. The molecule has 0 spiro atoms. The molecule has 2 rings (SSSR count). The third-order valence-corrected chi connectivity index (χ3v) is 2.78. The third kappa shape index (κ3) is 2.78. The summed E-state index contributed by atoms with van der Waals surface area (Å²) < 4.78 is 18.7. The highest BCUT2D eigenvalue weighted by molar-refractivity contribution is 5.69. The second-order valence-electron chi connectivity index (χ2n) is 5.48. The summed E-state index contributed by atoms with van der Waals surface area (Å²) in [5.74, 6) is -0.271. The third-order valence-electron chi connectivity index (χ3n) is 2.78. The van der Waals surface area contributed by atoms with Crippen LogP contribution in [0.1, 0.15) is 32.3 Å². The van der Waals surface area contributed by atoms with Crippen LogP contribution in [0.2, 0.25) is 0 Å². The van der Waals surface area contributed by atoms with E-state index in [4.69, 9.17) is 4.74 Å². The Bertz CT molecular complexity index is 451. The second kappa shape index (κ2) is 4.55. The number of carbonyl (C=O) groups excluding carboxylic acids is 1. The van der Waals surface area contributed by atoms with Crippen LogP contribution in [-0.4, -0.2) is 34.7 Å². The van der Waals surface area contributed by atoms with Crippen molar-refractivity contribution in [1.82, 2.24) is 9.88 Å². The number of halogens is 1. The van der Waals surface area contributed by atoms with Gasteiger partial charge in [0.25, 0.3) is 0 Å². The van der Waals surface area contributed by atoms with Crippen LogP contribution in [0, 0.1) is 5.82 Å². The summed E-state index contributed by atoms with van der Waals surface area (Å²) in [5, 5.41) is 0. The van der Waals surface area contributed by atoms with E-state index in [0.717, 1.165) is 0 Å². The molecule has 1 fully saturated rings. The number of hydrogen-bond acceptors (Lipinski definition) is 3. The topological polar surface area (TPSA) is 42.4 Å². The number of likely N-dealkylation sites (tertiary alicyclic amines) is 1. The van der Waals surface area contributed by atoms with Gasteiger partial charge < -0.3 is 9.64 Å². The van der Waals surface area contributed by atoms with Gasteiger partial charge in [-0.05, 0) is 32.4 Å². The monoisotopic (exact) mass is 252 g/mol. The highest BCUT2D eigenvalue weighted by atomic mass is 19.1. The fraction of sp³-hybridized carbons (Fsp3) is 0.538. The van der Waals surface area contributed by atoms with Crippen LogP contribution in [0.5, 0.6) is 0 Å². The maximum Gasteiger partial charge on any atom is 0.410 e. The van der Waals surface area contributed by atoms with Crippen molar-refractivity contribution in [2.24, 2.45) is 0 Å². The SMILES string of the molecule is CC(C)(C)OC(=O)N1CC(c2ccncc2F)C1. The lowest BCUT2D eigenvalue weighted by Crippen LogP contribution is -2.50. The summed E-state index contributed by atoms with van der Waals surface area (Å²) in [7, 11) is 0. The van der Waals surface area contributed by atoms with Gasteiger partial charge in [0.15, 0.2) is 0 Å². The van der Waals surface area contributed by atoms with Gasteiger partial charge in [0, 0.05) is 25.2 Å². The van der Waals surface area contributed by atoms with Crippen molar-refractivity contribution in [2.75, 3.05) is 13.1 Å². The summed E-state index contributed by atoms with van der Waals surface area (Å²) in [4.78, 5) is 17.0. The molecule has 0 aliphatic carbocycles. The molecular weight excluding hydrogens is 235 g/mol. The van der Waals surface area contributed by atoms with Crippen molar-refractivity contribution in [3.8, 4) is 0 Å². The predicted molar refractivity (Wildman–Crippen MR) is 64.7 cm³/mol. The smallest absolute Gasteiger partial charge is 0.410 e. The Morgan fingerprint density at radius 1 is 1.50 bits per heavy atom. The average molecular weight is 252 g/mol. The van der Waals surface area contributed by atoms with Crippen LogP contribution in [0.4, 0.5) is 9.18 Å². The molecule has 0 unspecified atom stereocenters. The minimum Gasteiger partial charge on any atom is -0.444 e. The van der Waals surface area contributed by atoms with Gasteiger partial charge in [0.1, 0.15) is 11.4 Å². The maximum absolute atomic E-state index is 13.5. The molecule has 1 saturated heterocycles. The molecule has 0 atom stereocenters. The molecule has 0 aromatic carbocycles. The first-order valence-electron chi connectivity index (χ1n) is 5.94. The lowest BCUT2D eigenvalue weighted by molar-refractivity contribution is 0.00790. The van der Waals surface area contributed by atoms with E-state index in [1.165, 1.54) is 6.20 Å². The number of carbonyl (C=O) groups is 1. The molecule has 0 radical (unpaired) electrons. The van der Waals surface area contributed by atoms with E-state index in [2.05, 4.69) is 4.98 Å². The zero-order valence-electron chi connectivity index (χ0n) is 10.8. The Morgan fingerprint density at radius 2 is 2.17 bits per heavy atom. The van der Waals surface area contributed by atoms with Crippen molar-refractivity contribution in [3.05, 3.63) is 29.8 Å². The molecule has 1 aliphatic rings. The normalized spacial score (nSPS) is 16.3. The fourth-order valence-corrected chi connectivity index (χ4v) is 1.87. The highest BCUT2D eigenvalue weighted by Crippen LogP contribution is 2.29. The minimum atomic E-state index is -0.496. The number of pyridine rings is 1. The molecule has 1 aliphatic heterocycles. The Morgan fingerprint density at radius 3 is 2.72 bits per heavy atom. The Kier molecular flexibility index (Phi) is 3.24. The number of nitrogens with zero attached hydrogens (tertiary/aromatic N) is 2. The standard InChI is InChI=1S/C13H17FN2O2/c1-13(2,3)18-12(17)16-7-9(8-16)10-4-5-15-6-11(10)14/h4-6,9H,7-8H2,1-3H3. The van der Waals surface area contributed by atoms with Crippen LogP contribution in [0.25, 0.3) is 0 Å². The lowest BCUT2D eigenvalue weighted by Gasteiger charge is -2.40. The molecule has 18 heavy (non-hydrogen) atoms. The van der Waals surface area contributed by atoms with Gasteiger partial charge in [-0.15, -0.1) is 0 Å². The van der Waals surface area contributed by atoms with E-state index in [-0.39, 0.29) is 17.8 Å².